The highest BCUT2D eigenvalue weighted by molar-refractivity contribution is 6.30. The molecule has 0 spiro atoms. The summed E-state index contributed by atoms with van der Waals surface area (Å²) in [4.78, 5) is 4.44. The Hall–Kier alpha value is -1.87. The molecule has 1 aliphatic rings. The number of rotatable bonds is 1. The molecule has 0 bridgehead atoms. The van der Waals surface area contributed by atoms with Crippen molar-refractivity contribution < 1.29 is 9.13 Å². The van der Waals surface area contributed by atoms with E-state index in [4.69, 9.17) is 16.3 Å². The van der Waals surface area contributed by atoms with Gasteiger partial charge >= 0.3 is 0 Å². The average Bonchev–Trinajstić information content (AvgIpc) is 2.54. The number of halogens is 2. The fourth-order valence-electron chi connectivity index (χ4n) is 2.22. The molecule has 2 aromatic carbocycles. The molecule has 0 radical (unpaired) electrons. The van der Waals surface area contributed by atoms with Gasteiger partial charge in [0.1, 0.15) is 0 Å². The number of nitrogens with zero attached hydrogens (tertiary/aromatic N) is 1. The normalized spacial score (nSPS) is 21.4. The molecule has 0 N–H and O–H groups in total. The minimum Gasteiger partial charge on any atom is -0.440 e. The van der Waals surface area contributed by atoms with E-state index in [0.29, 0.717) is 10.7 Å². The highest BCUT2D eigenvalue weighted by Crippen LogP contribution is 2.33. The van der Waals surface area contributed by atoms with Crippen LogP contribution in [0, 0.1) is 0 Å². The van der Waals surface area contributed by atoms with Crippen LogP contribution in [-0.4, -0.2) is 11.8 Å². The topological polar surface area (TPSA) is 21.6 Å². The zero-order valence-electron chi connectivity index (χ0n) is 10.9. The first-order chi connectivity index (χ1) is 9.53. The third-order valence-corrected chi connectivity index (χ3v) is 3.34. The lowest BCUT2D eigenvalue weighted by Gasteiger charge is -2.20. The SMILES string of the molecule is C[C@]1(F)Cc2cc(Cl)ccc2N=C(c2ccccc2)O1. The van der Waals surface area contributed by atoms with Crippen LogP contribution in [0.3, 0.4) is 0 Å². The number of benzene rings is 2. The fraction of sp³-hybridized carbons (Fsp3) is 0.188. The summed E-state index contributed by atoms with van der Waals surface area (Å²) >= 11 is 5.96. The molecule has 4 heteroatoms. The summed E-state index contributed by atoms with van der Waals surface area (Å²) < 4.78 is 20.0. The molecule has 2 aromatic rings. The standard InChI is InChI=1S/C16H13ClFNO/c1-16(18)10-12-9-13(17)7-8-14(12)19-15(20-16)11-5-3-2-4-6-11/h2-9H,10H2,1H3/t16-/m1/s1. The molecule has 2 nitrogen and oxygen atoms in total. The summed E-state index contributed by atoms with van der Waals surface area (Å²) in [6, 6.07) is 14.6. The Balaban J connectivity index is 2.13. The van der Waals surface area contributed by atoms with Crippen molar-refractivity contribution in [3.63, 3.8) is 0 Å². The molecule has 0 saturated heterocycles. The first kappa shape index (κ1) is 13.1. The summed E-state index contributed by atoms with van der Waals surface area (Å²) in [5.41, 5.74) is 2.18. The number of ether oxygens (including phenoxy) is 1. The molecule has 3 rings (SSSR count). The number of alkyl halides is 1. The predicted molar refractivity (Wildman–Crippen MR) is 78.4 cm³/mol. The van der Waals surface area contributed by atoms with Gasteiger partial charge in [-0.15, -0.1) is 0 Å². The van der Waals surface area contributed by atoms with Crippen LogP contribution >= 0.6 is 11.6 Å². The third-order valence-electron chi connectivity index (χ3n) is 3.10. The first-order valence-corrected chi connectivity index (χ1v) is 6.72. The van der Waals surface area contributed by atoms with Crippen molar-refractivity contribution in [3.05, 3.63) is 64.7 Å². The summed E-state index contributed by atoms with van der Waals surface area (Å²) in [6.45, 7) is 1.40. The number of fused-ring (bicyclic) bond motifs is 1. The van der Waals surface area contributed by atoms with Gasteiger partial charge in [-0.2, -0.15) is 4.39 Å². The zero-order chi connectivity index (χ0) is 14.2. The molecular formula is C16H13ClFNO. The molecular weight excluding hydrogens is 277 g/mol. The molecule has 0 amide bonds. The minimum absolute atomic E-state index is 0.114. The van der Waals surface area contributed by atoms with Crippen molar-refractivity contribution in [1.82, 2.24) is 0 Å². The van der Waals surface area contributed by atoms with Crippen LogP contribution < -0.4 is 0 Å². The van der Waals surface area contributed by atoms with Gasteiger partial charge in [0, 0.05) is 23.9 Å². The maximum Gasteiger partial charge on any atom is 0.251 e. The Kier molecular flexibility index (Phi) is 3.22. The Bertz CT molecular complexity index is 667. The number of hydrogen-bond donors (Lipinski definition) is 0. The van der Waals surface area contributed by atoms with Crippen LogP contribution in [-0.2, 0) is 11.2 Å². The van der Waals surface area contributed by atoms with Crippen LogP contribution in [0.1, 0.15) is 18.1 Å². The molecule has 0 unspecified atom stereocenters. The quantitative estimate of drug-likeness (QED) is 0.747. The number of hydrogen-bond acceptors (Lipinski definition) is 2. The average molecular weight is 290 g/mol. The van der Waals surface area contributed by atoms with Crippen LogP contribution in [0.15, 0.2) is 53.5 Å². The van der Waals surface area contributed by atoms with Crippen molar-refractivity contribution in [2.75, 3.05) is 0 Å². The summed E-state index contributed by atoms with van der Waals surface area (Å²) in [5, 5.41) is 0.568. The lowest BCUT2D eigenvalue weighted by molar-refractivity contribution is -0.0528. The maximum absolute atomic E-state index is 14.5. The van der Waals surface area contributed by atoms with E-state index in [-0.39, 0.29) is 12.3 Å². The van der Waals surface area contributed by atoms with E-state index in [1.165, 1.54) is 6.92 Å². The summed E-state index contributed by atoms with van der Waals surface area (Å²) in [7, 11) is 0. The second kappa shape index (κ2) is 4.91. The van der Waals surface area contributed by atoms with E-state index in [1.807, 2.05) is 30.3 Å². The summed E-state index contributed by atoms with van der Waals surface area (Å²) in [6.07, 6.45) is 0.114. The van der Waals surface area contributed by atoms with E-state index < -0.39 is 5.85 Å². The molecule has 0 aliphatic carbocycles. The molecule has 102 valence electrons. The smallest absolute Gasteiger partial charge is 0.251 e. The van der Waals surface area contributed by atoms with E-state index in [1.54, 1.807) is 18.2 Å². The fourth-order valence-corrected chi connectivity index (χ4v) is 2.41. The second-order valence-corrected chi connectivity index (χ2v) is 5.37. The van der Waals surface area contributed by atoms with Crippen molar-refractivity contribution >= 4 is 23.2 Å². The van der Waals surface area contributed by atoms with Crippen molar-refractivity contribution in [2.24, 2.45) is 4.99 Å². The van der Waals surface area contributed by atoms with Gasteiger partial charge in [0.25, 0.3) is 5.85 Å². The molecule has 0 fully saturated rings. The minimum atomic E-state index is -1.81. The first-order valence-electron chi connectivity index (χ1n) is 6.34. The van der Waals surface area contributed by atoms with Crippen molar-refractivity contribution in [1.29, 1.82) is 0 Å². The summed E-state index contributed by atoms with van der Waals surface area (Å²) in [5.74, 6) is -1.53. The van der Waals surface area contributed by atoms with Gasteiger partial charge in [0.2, 0.25) is 5.90 Å². The molecule has 1 aliphatic heterocycles. The Morgan fingerprint density at radius 3 is 2.70 bits per heavy atom. The maximum atomic E-state index is 14.5. The van der Waals surface area contributed by atoms with Gasteiger partial charge in [-0.3, -0.25) is 0 Å². The molecule has 1 heterocycles. The van der Waals surface area contributed by atoms with Crippen molar-refractivity contribution in [2.45, 2.75) is 19.2 Å². The lowest BCUT2D eigenvalue weighted by Crippen LogP contribution is -2.28. The third kappa shape index (κ3) is 2.68. The second-order valence-electron chi connectivity index (χ2n) is 4.94. The molecule has 0 aromatic heterocycles. The van der Waals surface area contributed by atoms with Crippen LogP contribution in [0.25, 0.3) is 0 Å². The molecule has 1 atom stereocenters. The van der Waals surface area contributed by atoms with Gasteiger partial charge in [-0.1, -0.05) is 29.8 Å². The van der Waals surface area contributed by atoms with E-state index in [9.17, 15) is 4.39 Å². The van der Waals surface area contributed by atoms with E-state index in [0.717, 1.165) is 11.1 Å². The molecule has 0 saturated carbocycles. The predicted octanol–water partition coefficient (Wildman–Crippen LogP) is 4.68. The van der Waals surface area contributed by atoms with Gasteiger partial charge in [0.15, 0.2) is 0 Å². The van der Waals surface area contributed by atoms with E-state index >= 15 is 0 Å². The monoisotopic (exact) mass is 289 g/mol. The van der Waals surface area contributed by atoms with Crippen LogP contribution in [0.5, 0.6) is 0 Å². The van der Waals surface area contributed by atoms with Crippen LogP contribution in [0.4, 0.5) is 10.1 Å². The van der Waals surface area contributed by atoms with Crippen LogP contribution in [0.2, 0.25) is 5.02 Å². The van der Waals surface area contributed by atoms with Gasteiger partial charge in [0.05, 0.1) is 5.69 Å². The largest absolute Gasteiger partial charge is 0.440 e. The Morgan fingerprint density at radius 2 is 1.95 bits per heavy atom. The van der Waals surface area contributed by atoms with Gasteiger partial charge in [-0.05, 0) is 35.9 Å². The highest BCUT2D eigenvalue weighted by Gasteiger charge is 2.31. The zero-order valence-corrected chi connectivity index (χ0v) is 11.7. The molecule has 20 heavy (non-hydrogen) atoms. The van der Waals surface area contributed by atoms with E-state index in [2.05, 4.69) is 4.99 Å². The van der Waals surface area contributed by atoms with Crippen molar-refractivity contribution in [3.8, 4) is 0 Å². The number of aliphatic imine (C=N–C) groups is 1. The Labute approximate surface area is 121 Å². The lowest BCUT2D eigenvalue weighted by atomic mass is 10.1. The van der Waals surface area contributed by atoms with Gasteiger partial charge < -0.3 is 4.74 Å². The highest BCUT2D eigenvalue weighted by atomic mass is 35.5. The van der Waals surface area contributed by atoms with Gasteiger partial charge in [-0.25, -0.2) is 4.99 Å². The Morgan fingerprint density at radius 1 is 1.20 bits per heavy atom.